The summed E-state index contributed by atoms with van der Waals surface area (Å²) in [6.07, 6.45) is 0. The van der Waals surface area contributed by atoms with Gasteiger partial charge in [0.2, 0.25) is 0 Å². The monoisotopic (exact) mass is 182 g/mol. The fourth-order valence-corrected chi connectivity index (χ4v) is 1.70. The first kappa shape index (κ1) is 8.71. The van der Waals surface area contributed by atoms with Crippen molar-refractivity contribution in [2.45, 2.75) is 13.8 Å². The molecule has 0 amide bonds. The Kier molecular flexibility index (Phi) is 1.94. The maximum absolute atomic E-state index is 8.97. The number of benzene rings is 1. The molecule has 0 saturated heterocycles. The number of pyridine rings is 1. The van der Waals surface area contributed by atoms with E-state index in [-0.39, 0.29) is 0 Å². The lowest BCUT2D eigenvalue weighted by molar-refractivity contribution is 1.20. The Balaban J connectivity index is 2.95. The molecule has 0 spiro atoms. The number of hydrogen-bond acceptors (Lipinski definition) is 2. The molecule has 0 aliphatic rings. The number of hydrogen-bond donors (Lipinski definition) is 0. The van der Waals surface area contributed by atoms with Crippen LogP contribution >= 0.6 is 0 Å². The Labute approximate surface area is 82.8 Å². The summed E-state index contributed by atoms with van der Waals surface area (Å²) in [4.78, 5) is 4.38. The SMILES string of the molecule is Cc1nc2ccccc2c(C)c1C#N. The van der Waals surface area contributed by atoms with Gasteiger partial charge in [-0.05, 0) is 25.5 Å². The third-order valence-electron chi connectivity index (χ3n) is 2.44. The van der Waals surface area contributed by atoms with Crippen molar-refractivity contribution in [1.82, 2.24) is 4.98 Å². The quantitative estimate of drug-likeness (QED) is 0.628. The Hall–Kier alpha value is -1.88. The minimum atomic E-state index is 0.698. The minimum Gasteiger partial charge on any atom is -0.252 e. The van der Waals surface area contributed by atoms with Crippen molar-refractivity contribution in [1.29, 1.82) is 5.26 Å². The van der Waals surface area contributed by atoms with E-state index in [1.165, 1.54) is 0 Å². The largest absolute Gasteiger partial charge is 0.252 e. The smallest absolute Gasteiger partial charge is 0.101 e. The summed E-state index contributed by atoms with van der Waals surface area (Å²) in [7, 11) is 0. The molecule has 0 atom stereocenters. The highest BCUT2D eigenvalue weighted by Gasteiger charge is 2.07. The molecule has 0 aliphatic heterocycles. The van der Waals surface area contributed by atoms with Crippen molar-refractivity contribution in [3.05, 3.63) is 41.1 Å². The summed E-state index contributed by atoms with van der Waals surface area (Å²) < 4.78 is 0. The minimum absolute atomic E-state index is 0.698. The molecule has 0 unspecified atom stereocenters. The van der Waals surface area contributed by atoms with Gasteiger partial charge in [-0.2, -0.15) is 5.26 Å². The lowest BCUT2D eigenvalue weighted by atomic mass is 10.0. The second kappa shape index (κ2) is 3.12. The molecule has 14 heavy (non-hydrogen) atoms. The van der Waals surface area contributed by atoms with E-state index in [1.54, 1.807) is 0 Å². The molecule has 0 bridgehead atoms. The fraction of sp³-hybridized carbons (Fsp3) is 0.167. The molecule has 0 N–H and O–H groups in total. The second-order valence-corrected chi connectivity index (χ2v) is 3.33. The Morgan fingerprint density at radius 3 is 2.64 bits per heavy atom. The zero-order valence-corrected chi connectivity index (χ0v) is 8.20. The summed E-state index contributed by atoms with van der Waals surface area (Å²) in [6, 6.07) is 10.1. The molecule has 0 aliphatic carbocycles. The van der Waals surface area contributed by atoms with Crippen molar-refractivity contribution in [3.63, 3.8) is 0 Å². The van der Waals surface area contributed by atoms with Crippen LogP contribution in [-0.2, 0) is 0 Å². The fourth-order valence-electron chi connectivity index (χ4n) is 1.70. The van der Waals surface area contributed by atoms with Crippen molar-refractivity contribution >= 4 is 10.9 Å². The summed E-state index contributed by atoms with van der Waals surface area (Å²) in [6.45, 7) is 3.84. The van der Waals surface area contributed by atoms with Crippen molar-refractivity contribution in [2.24, 2.45) is 0 Å². The van der Waals surface area contributed by atoms with Gasteiger partial charge in [0.15, 0.2) is 0 Å². The van der Waals surface area contributed by atoms with E-state index < -0.39 is 0 Å². The van der Waals surface area contributed by atoms with Gasteiger partial charge in [-0.1, -0.05) is 18.2 Å². The van der Waals surface area contributed by atoms with E-state index in [9.17, 15) is 0 Å². The average molecular weight is 182 g/mol. The van der Waals surface area contributed by atoms with E-state index in [2.05, 4.69) is 11.1 Å². The zero-order valence-electron chi connectivity index (χ0n) is 8.20. The number of nitrogens with zero attached hydrogens (tertiary/aromatic N) is 2. The lowest BCUT2D eigenvalue weighted by Crippen LogP contribution is -1.93. The third-order valence-corrected chi connectivity index (χ3v) is 2.44. The van der Waals surface area contributed by atoms with Crippen LogP contribution in [0.5, 0.6) is 0 Å². The van der Waals surface area contributed by atoms with Crippen molar-refractivity contribution < 1.29 is 0 Å². The highest BCUT2D eigenvalue weighted by atomic mass is 14.7. The van der Waals surface area contributed by atoms with Crippen LogP contribution in [0.1, 0.15) is 16.8 Å². The molecular weight excluding hydrogens is 172 g/mol. The Morgan fingerprint density at radius 1 is 1.21 bits per heavy atom. The van der Waals surface area contributed by atoms with E-state index in [0.717, 1.165) is 22.2 Å². The molecule has 2 rings (SSSR count). The van der Waals surface area contributed by atoms with Gasteiger partial charge in [-0.25, -0.2) is 0 Å². The molecule has 1 aromatic heterocycles. The summed E-state index contributed by atoms with van der Waals surface area (Å²) >= 11 is 0. The molecule has 0 fully saturated rings. The zero-order chi connectivity index (χ0) is 10.1. The number of aromatic nitrogens is 1. The van der Waals surface area contributed by atoms with E-state index >= 15 is 0 Å². The molecule has 1 aromatic carbocycles. The summed E-state index contributed by atoms with van der Waals surface area (Å²) in [5.74, 6) is 0. The van der Waals surface area contributed by atoms with Crippen LogP contribution < -0.4 is 0 Å². The second-order valence-electron chi connectivity index (χ2n) is 3.33. The van der Waals surface area contributed by atoms with Crippen LogP contribution in [0.3, 0.4) is 0 Å². The van der Waals surface area contributed by atoms with Crippen LogP contribution in [0.15, 0.2) is 24.3 Å². The molecule has 1 heterocycles. The highest BCUT2D eigenvalue weighted by Crippen LogP contribution is 2.21. The van der Waals surface area contributed by atoms with Crippen LogP contribution in [0.2, 0.25) is 0 Å². The molecule has 68 valence electrons. The number of rotatable bonds is 0. The first-order valence-corrected chi connectivity index (χ1v) is 4.50. The van der Waals surface area contributed by atoms with Crippen LogP contribution in [0.25, 0.3) is 10.9 Å². The molecule has 0 saturated carbocycles. The highest BCUT2D eigenvalue weighted by molar-refractivity contribution is 5.84. The maximum Gasteiger partial charge on any atom is 0.101 e. The molecule has 2 aromatic rings. The number of aryl methyl sites for hydroxylation is 2. The van der Waals surface area contributed by atoms with E-state index in [4.69, 9.17) is 5.26 Å². The van der Waals surface area contributed by atoms with Gasteiger partial charge in [-0.15, -0.1) is 0 Å². The van der Waals surface area contributed by atoms with Gasteiger partial charge < -0.3 is 0 Å². The Bertz CT molecular complexity index is 536. The normalized spacial score (nSPS) is 10.1. The number of nitriles is 1. The van der Waals surface area contributed by atoms with Gasteiger partial charge in [0.25, 0.3) is 0 Å². The van der Waals surface area contributed by atoms with Gasteiger partial charge in [-0.3, -0.25) is 4.98 Å². The number of fused-ring (bicyclic) bond motifs is 1. The average Bonchev–Trinajstić information content (AvgIpc) is 2.18. The summed E-state index contributed by atoms with van der Waals surface area (Å²) in [5.41, 5.74) is 3.49. The van der Waals surface area contributed by atoms with Gasteiger partial charge >= 0.3 is 0 Å². The molecule has 2 heteroatoms. The Morgan fingerprint density at radius 2 is 1.93 bits per heavy atom. The van der Waals surface area contributed by atoms with Crippen LogP contribution in [0.4, 0.5) is 0 Å². The first-order chi connectivity index (χ1) is 6.74. The predicted molar refractivity (Wildman–Crippen MR) is 55.9 cm³/mol. The maximum atomic E-state index is 8.97. The molecule has 0 radical (unpaired) electrons. The van der Waals surface area contributed by atoms with Crippen LogP contribution in [-0.4, -0.2) is 4.98 Å². The van der Waals surface area contributed by atoms with E-state index in [1.807, 2.05) is 38.1 Å². The summed E-state index contributed by atoms with van der Waals surface area (Å²) in [5, 5.41) is 10.0. The van der Waals surface area contributed by atoms with Crippen molar-refractivity contribution in [2.75, 3.05) is 0 Å². The van der Waals surface area contributed by atoms with Gasteiger partial charge in [0.05, 0.1) is 16.8 Å². The third kappa shape index (κ3) is 1.14. The van der Waals surface area contributed by atoms with Crippen LogP contribution in [0, 0.1) is 25.2 Å². The van der Waals surface area contributed by atoms with E-state index in [0.29, 0.717) is 5.56 Å². The predicted octanol–water partition coefficient (Wildman–Crippen LogP) is 2.72. The topological polar surface area (TPSA) is 36.7 Å². The standard InChI is InChI=1S/C12H10N2/c1-8-10-5-3-4-6-12(10)14-9(2)11(8)7-13/h3-6H,1-2H3. The molecule has 2 nitrogen and oxygen atoms in total. The number of para-hydroxylation sites is 1. The lowest BCUT2D eigenvalue weighted by Gasteiger charge is -2.05. The van der Waals surface area contributed by atoms with Gasteiger partial charge in [0, 0.05) is 5.39 Å². The molecular formula is C12H10N2. The van der Waals surface area contributed by atoms with Gasteiger partial charge in [0.1, 0.15) is 6.07 Å². The first-order valence-electron chi connectivity index (χ1n) is 4.50. The van der Waals surface area contributed by atoms with Crippen molar-refractivity contribution in [3.8, 4) is 6.07 Å².